The topological polar surface area (TPSA) is 39.6 Å². The number of likely N-dealkylation sites (N-methyl/N-ethyl adjacent to an activating group) is 1. The molecular weight excluding hydrogens is 202 g/mol. The highest BCUT2D eigenvalue weighted by Gasteiger charge is 2.18. The first-order valence-corrected chi connectivity index (χ1v) is 5.87. The van der Waals surface area contributed by atoms with Gasteiger partial charge < -0.3 is 14.9 Å². The maximum atomic E-state index is 9.27. The summed E-state index contributed by atoms with van der Waals surface area (Å²) in [6.07, 6.45) is 1.79. The van der Waals surface area contributed by atoms with Crippen molar-refractivity contribution < 1.29 is 5.11 Å². The lowest BCUT2D eigenvalue weighted by molar-refractivity contribution is 0.266. The van der Waals surface area contributed by atoms with Gasteiger partial charge in [0.1, 0.15) is 5.82 Å². The third kappa shape index (κ3) is 2.33. The molecule has 0 unspecified atom stereocenters. The van der Waals surface area contributed by atoms with Crippen LogP contribution in [0.4, 0.5) is 5.82 Å². The van der Waals surface area contributed by atoms with Crippen molar-refractivity contribution in [2.45, 2.75) is 13.5 Å². The summed E-state index contributed by atoms with van der Waals surface area (Å²) in [6.45, 7) is 7.53. The fourth-order valence-corrected chi connectivity index (χ4v) is 2.11. The predicted octanol–water partition coefficient (Wildman–Crippen LogP) is 0.716. The third-order valence-electron chi connectivity index (χ3n) is 3.16. The monoisotopic (exact) mass is 221 g/mol. The van der Waals surface area contributed by atoms with Crippen LogP contribution in [0, 0.1) is 0 Å². The zero-order valence-electron chi connectivity index (χ0n) is 9.76. The van der Waals surface area contributed by atoms with Crippen molar-refractivity contribution in [2.24, 2.45) is 0 Å². The van der Waals surface area contributed by atoms with E-state index >= 15 is 0 Å². The van der Waals surface area contributed by atoms with Gasteiger partial charge in [-0.25, -0.2) is 4.98 Å². The molecule has 16 heavy (non-hydrogen) atoms. The van der Waals surface area contributed by atoms with Gasteiger partial charge in [-0.1, -0.05) is 13.0 Å². The van der Waals surface area contributed by atoms with E-state index in [4.69, 9.17) is 0 Å². The second-order valence-electron chi connectivity index (χ2n) is 4.07. The molecule has 1 aliphatic heterocycles. The largest absolute Gasteiger partial charge is 0.392 e. The molecule has 0 saturated carbocycles. The number of anilines is 1. The third-order valence-corrected chi connectivity index (χ3v) is 3.16. The zero-order chi connectivity index (χ0) is 11.4. The molecule has 0 aromatic carbocycles. The lowest BCUT2D eigenvalue weighted by Crippen LogP contribution is -2.46. The second kappa shape index (κ2) is 5.27. The fourth-order valence-electron chi connectivity index (χ4n) is 2.11. The molecule has 2 heterocycles. The summed E-state index contributed by atoms with van der Waals surface area (Å²) in [5.74, 6) is 0.945. The smallest absolute Gasteiger partial charge is 0.134 e. The van der Waals surface area contributed by atoms with E-state index in [0.29, 0.717) is 0 Å². The minimum atomic E-state index is 0.0666. The van der Waals surface area contributed by atoms with Gasteiger partial charge in [-0.05, 0) is 12.6 Å². The summed E-state index contributed by atoms with van der Waals surface area (Å²) in [6, 6.07) is 3.81. The van der Waals surface area contributed by atoms with Gasteiger partial charge >= 0.3 is 0 Å². The molecule has 1 saturated heterocycles. The summed E-state index contributed by atoms with van der Waals surface area (Å²) in [5, 5.41) is 9.27. The summed E-state index contributed by atoms with van der Waals surface area (Å²) in [4.78, 5) is 9.06. The maximum absolute atomic E-state index is 9.27. The van der Waals surface area contributed by atoms with Gasteiger partial charge in [0.05, 0.1) is 6.61 Å². The van der Waals surface area contributed by atoms with Crippen LogP contribution in [0.1, 0.15) is 12.5 Å². The van der Waals surface area contributed by atoms with Crippen molar-refractivity contribution in [1.29, 1.82) is 0 Å². The van der Waals surface area contributed by atoms with Crippen molar-refractivity contribution in [2.75, 3.05) is 37.6 Å². The van der Waals surface area contributed by atoms with Crippen LogP contribution in [0.2, 0.25) is 0 Å². The molecule has 4 nitrogen and oxygen atoms in total. The number of aromatic nitrogens is 1. The standard InChI is InChI=1S/C12H19N3O/c1-2-14-6-8-15(9-7-14)12-11(10-16)4-3-5-13-12/h3-5,16H,2,6-10H2,1H3. The Morgan fingerprint density at radius 3 is 2.69 bits per heavy atom. The Morgan fingerprint density at radius 1 is 1.31 bits per heavy atom. The SMILES string of the molecule is CCN1CCN(c2ncccc2CO)CC1. The molecular formula is C12H19N3O. The van der Waals surface area contributed by atoms with Crippen molar-refractivity contribution in [3.05, 3.63) is 23.9 Å². The van der Waals surface area contributed by atoms with Crippen LogP contribution in [0.25, 0.3) is 0 Å². The number of rotatable bonds is 3. The number of hydrogen-bond donors (Lipinski definition) is 1. The van der Waals surface area contributed by atoms with Gasteiger partial charge in [-0.2, -0.15) is 0 Å². The first-order chi connectivity index (χ1) is 7.85. The predicted molar refractivity (Wildman–Crippen MR) is 64.5 cm³/mol. The van der Waals surface area contributed by atoms with Gasteiger partial charge in [0.2, 0.25) is 0 Å². The van der Waals surface area contributed by atoms with Crippen molar-refractivity contribution in [1.82, 2.24) is 9.88 Å². The Balaban J connectivity index is 2.07. The molecule has 1 fully saturated rings. The Morgan fingerprint density at radius 2 is 2.06 bits per heavy atom. The van der Waals surface area contributed by atoms with Crippen LogP contribution >= 0.6 is 0 Å². The van der Waals surface area contributed by atoms with Gasteiger partial charge in [-0.15, -0.1) is 0 Å². The van der Waals surface area contributed by atoms with Crippen molar-refractivity contribution in [3.63, 3.8) is 0 Å². The molecule has 1 aromatic heterocycles. The number of pyridine rings is 1. The molecule has 0 atom stereocenters. The van der Waals surface area contributed by atoms with Crippen LogP contribution < -0.4 is 4.90 Å². The summed E-state index contributed by atoms with van der Waals surface area (Å²) >= 11 is 0. The van der Waals surface area contributed by atoms with Gasteiger partial charge in [-0.3, -0.25) is 0 Å². The highest BCUT2D eigenvalue weighted by molar-refractivity contribution is 5.46. The van der Waals surface area contributed by atoms with Gasteiger partial charge in [0.15, 0.2) is 0 Å². The molecule has 88 valence electrons. The Hall–Kier alpha value is -1.13. The van der Waals surface area contributed by atoms with Crippen molar-refractivity contribution >= 4 is 5.82 Å². The molecule has 0 bridgehead atoms. The molecule has 0 aliphatic carbocycles. The number of piperazine rings is 1. The van der Waals surface area contributed by atoms with Crippen LogP contribution in [0.5, 0.6) is 0 Å². The van der Waals surface area contributed by atoms with E-state index in [-0.39, 0.29) is 6.61 Å². The highest BCUT2D eigenvalue weighted by atomic mass is 16.3. The average molecular weight is 221 g/mol. The van der Waals surface area contributed by atoms with Crippen LogP contribution in [-0.4, -0.2) is 47.7 Å². The molecule has 4 heteroatoms. The highest BCUT2D eigenvalue weighted by Crippen LogP contribution is 2.18. The maximum Gasteiger partial charge on any atom is 0.134 e. The number of nitrogens with zero attached hydrogens (tertiary/aromatic N) is 3. The molecule has 2 rings (SSSR count). The lowest BCUT2D eigenvalue weighted by atomic mass is 10.2. The first kappa shape index (κ1) is 11.4. The summed E-state index contributed by atoms with van der Waals surface area (Å²) in [7, 11) is 0. The molecule has 1 aliphatic rings. The van der Waals surface area contributed by atoms with E-state index in [1.54, 1.807) is 6.20 Å². The number of hydrogen-bond acceptors (Lipinski definition) is 4. The van der Waals surface area contributed by atoms with Gasteiger partial charge in [0.25, 0.3) is 0 Å². The molecule has 0 radical (unpaired) electrons. The number of aliphatic hydroxyl groups is 1. The molecule has 1 aromatic rings. The zero-order valence-corrected chi connectivity index (χ0v) is 9.76. The quantitative estimate of drug-likeness (QED) is 0.816. The lowest BCUT2D eigenvalue weighted by Gasteiger charge is -2.35. The van der Waals surface area contributed by atoms with Crippen LogP contribution in [0.15, 0.2) is 18.3 Å². The van der Waals surface area contributed by atoms with E-state index in [2.05, 4.69) is 21.7 Å². The van der Waals surface area contributed by atoms with Gasteiger partial charge in [0, 0.05) is 37.9 Å². The van der Waals surface area contributed by atoms with E-state index in [9.17, 15) is 5.11 Å². The molecule has 0 spiro atoms. The summed E-state index contributed by atoms with van der Waals surface area (Å²) < 4.78 is 0. The fraction of sp³-hybridized carbons (Fsp3) is 0.583. The summed E-state index contributed by atoms with van der Waals surface area (Å²) in [5.41, 5.74) is 0.924. The second-order valence-corrected chi connectivity index (χ2v) is 4.07. The molecule has 0 amide bonds. The first-order valence-electron chi connectivity index (χ1n) is 5.87. The minimum absolute atomic E-state index is 0.0666. The van der Waals surface area contributed by atoms with Crippen LogP contribution in [0.3, 0.4) is 0 Å². The molecule has 1 N–H and O–H groups in total. The Labute approximate surface area is 96.5 Å². The Bertz CT molecular complexity index is 335. The van der Waals surface area contributed by atoms with E-state index in [0.717, 1.165) is 44.1 Å². The van der Waals surface area contributed by atoms with Crippen molar-refractivity contribution in [3.8, 4) is 0 Å². The normalized spacial score (nSPS) is 17.8. The van der Waals surface area contributed by atoms with Crippen LogP contribution in [-0.2, 0) is 6.61 Å². The number of aliphatic hydroxyl groups excluding tert-OH is 1. The minimum Gasteiger partial charge on any atom is -0.392 e. The van der Waals surface area contributed by atoms with E-state index in [1.165, 1.54) is 0 Å². The average Bonchev–Trinajstić information content (AvgIpc) is 2.39. The Kier molecular flexibility index (Phi) is 3.74. The van der Waals surface area contributed by atoms with E-state index in [1.807, 2.05) is 12.1 Å². The van der Waals surface area contributed by atoms with E-state index < -0.39 is 0 Å².